The van der Waals surface area contributed by atoms with Gasteiger partial charge in [0.1, 0.15) is 6.10 Å². The Hall–Kier alpha value is -1.68. The van der Waals surface area contributed by atoms with Crippen molar-refractivity contribution in [2.45, 2.75) is 50.9 Å². The Kier molecular flexibility index (Phi) is 1.95. The van der Waals surface area contributed by atoms with Gasteiger partial charge in [0.2, 0.25) is 0 Å². The van der Waals surface area contributed by atoms with E-state index >= 15 is 0 Å². The summed E-state index contributed by atoms with van der Waals surface area (Å²) in [7, 11) is 0. The van der Waals surface area contributed by atoms with Crippen LogP contribution in [0.15, 0.2) is 16.9 Å². The van der Waals surface area contributed by atoms with E-state index in [1.807, 2.05) is 6.92 Å². The lowest BCUT2D eigenvalue weighted by molar-refractivity contribution is -0.215. The number of hydrogen-bond donors (Lipinski definition) is 0. The van der Waals surface area contributed by atoms with Crippen molar-refractivity contribution in [2.75, 3.05) is 0 Å². The molecule has 0 N–H and O–H groups in total. The van der Waals surface area contributed by atoms with Gasteiger partial charge in [-0.05, 0) is 54.2 Å². The monoisotopic (exact) mass is 310 g/mol. The highest BCUT2D eigenvalue weighted by Crippen LogP contribution is 2.73. The van der Waals surface area contributed by atoms with Crippen LogP contribution in [0.3, 0.4) is 0 Å². The van der Waals surface area contributed by atoms with Gasteiger partial charge in [-0.2, -0.15) is 0 Å². The first-order valence-corrected chi connectivity index (χ1v) is 8.58. The molecule has 1 aromatic carbocycles. The third-order valence-electron chi connectivity index (χ3n) is 7.36. The minimum atomic E-state index is -0.444. The van der Waals surface area contributed by atoms with Gasteiger partial charge < -0.3 is 9.47 Å². The molecule has 4 heteroatoms. The number of hydrogen-bond acceptors (Lipinski definition) is 4. The Balaban J connectivity index is 1.78. The summed E-state index contributed by atoms with van der Waals surface area (Å²) >= 11 is 0. The molecule has 3 saturated heterocycles. The second-order valence-electron chi connectivity index (χ2n) is 8.00. The summed E-state index contributed by atoms with van der Waals surface area (Å²) in [5.74, 6) is 0.594. The van der Waals surface area contributed by atoms with Crippen molar-refractivity contribution in [3.8, 4) is 0 Å². The molecule has 6 aliphatic rings. The standard InChI is InChI=1S/C19H18O4/c1-7-5-10(20)6-9-3-4-19-8(2)15-17(23-18(19)21)13-14(19)12(9)11(7)16(13)22-15/h5-6,8,13-17H,3-4H2,1-2H3/t8?,13?,14?,15-,16+,17-,19+/m0/s1. The molecule has 3 aliphatic carbocycles. The van der Waals surface area contributed by atoms with Crippen molar-refractivity contribution < 1.29 is 14.3 Å². The zero-order valence-corrected chi connectivity index (χ0v) is 13.2. The minimum Gasteiger partial charge on any atom is -0.459 e. The van der Waals surface area contributed by atoms with Gasteiger partial charge in [0.15, 0.2) is 5.43 Å². The molecule has 3 unspecified atom stereocenters. The van der Waals surface area contributed by atoms with Crippen LogP contribution in [-0.4, -0.2) is 18.2 Å². The van der Waals surface area contributed by atoms with Crippen molar-refractivity contribution in [1.82, 2.24) is 0 Å². The van der Waals surface area contributed by atoms with Gasteiger partial charge >= 0.3 is 5.97 Å². The van der Waals surface area contributed by atoms with Crippen LogP contribution in [0.1, 0.15) is 47.6 Å². The summed E-state index contributed by atoms with van der Waals surface area (Å²) in [5.41, 5.74) is 4.19. The molecule has 7 atom stereocenters. The number of rotatable bonds is 0. The molecule has 23 heavy (non-hydrogen) atoms. The minimum absolute atomic E-state index is 0.00826. The van der Waals surface area contributed by atoms with E-state index in [0.29, 0.717) is 0 Å². The van der Waals surface area contributed by atoms with Crippen molar-refractivity contribution in [3.05, 3.63) is 44.6 Å². The molecule has 1 spiro atoms. The van der Waals surface area contributed by atoms with E-state index in [1.165, 1.54) is 11.1 Å². The maximum atomic E-state index is 12.9. The van der Waals surface area contributed by atoms with Crippen LogP contribution in [0.2, 0.25) is 0 Å². The first kappa shape index (κ1) is 12.7. The molecule has 118 valence electrons. The van der Waals surface area contributed by atoms with Crippen LogP contribution >= 0.6 is 0 Å². The van der Waals surface area contributed by atoms with E-state index in [9.17, 15) is 9.59 Å². The zero-order valence-electron chi connectivity index (χ0n) is 13.2. The van der Waals surface area contributed by atoms with Crippen LogP contribution in [0, 0.1) is 24.2 Å². The highest BCUT2D eigenvalue weighted by atomic mass is 16.6. The fraction of sp³-hybridized carbons (Fsp3) is 0.579. The Morgan fingerprint density at radius 1 is 1.17 bits per heavy atom. The Morgan fingerprint density at radius 3 is 2.83 bits per heavy atom. The molecule has 0 radical (unpaired) electrons. The predicted molar refractivity (Wildman–Crippen MR) is 81.1 cm³/mol. The van der Waals surface area contributed by atoms with Crippen molar-refractivity contribution in [3.63, 3.8) is 0 Å². The number of carbonyl (C=O) groups excluding carboxylic acids is 1. The SMILES string of the molecule is Cc1cc(=O)cc2c3c1[C@H]1O[C@H]4C(C)[C@@]5(CC2)C(=O)O[C@H]4C1C35. The third-order valence-corrected chi connectivity index (χ3v) is 7.36. The fourth-order valence-electron chi connectivity index (χ4n) is 6.56. The molecular weight excluding hydrogens is 292 g/mol. The summed E-state index contributed by atoms with van der Waals surface area (Å²) in [4.78, 5) is 25.0. The normalized spacial score (nSPS) is 47.0. The van der Waals surface area contributed by atoms with Gasteiger partial charge in [-0.1, -0.05) is 6.92 Å². The van der Waals surface area contributed by atoms with E-state index < -0.39 is 5.41 Å². The number of aryl methyl sites for hydroxylation is 2. The molecule has 3 aliphatic heterocycles. The lowest BCUT2D eigenvalue weighted by Gasteiger charge is -2.57. The predicted octanol–water partition coefficient (Wildman–Crippen LogP) is 2.02. The molecule has 0 aromatic heterocycles. The average molecular weight is 310 g/mol. The van der Waals surface area contributed by atoms with Gasteiger partial charge in [0.05, 0.1) is 17.6 Å². The highest BCUT2D eigenvalue weighted by Gasteiger charge is 2.76. The summed E-state index contributed by atoms with van der Waals surface area (Å²) in [5, 5.41) is 0. The van der Waals surface area contributed by atoms with Gasteiger partial charge in [0, 0.05) is 17.8 Å². The number of ether oxygens (including phenoxy) is 2. The largest absolute Gasteiger partial charge is 0.459 e. The van der Waals surface area contributed by atoms with Crippen molar-refractivity contribution in [2.24, 2.45) is 17.3 Å². The molecule has 1 saturated carbocycles. The first-order chi connectivity index (χ1) is 11.0. The summed E-state index contributed by atoms with van der Waals surface area (Å²) in [6.45, 7) is 4.17. The molecule has 4 bridgehead atoms. The Labute approximate surface area is 133 Å². The smallest absolute Gasteiger partial charge is 0.313 e. The zero-order chi connectivity index (χ0) is 15.7. The molecule has 1 aromatic rings. The van der Waals surface area contributed by atoms with Crippen LogP contribution < -0.4 is 5.43 Å². The summed E-state index contributed by atoms with van der Waals surface area (Å²) in [6, 6.07) is 3.52. The summed E-state index contributed by atoms with van der Waals surface area (Å²) in [6.07, 6.45) is 1.47. The van der Waals surface area contributed by atoms with Gasteiger partial charge in [-0.15, -0.1) is 0 Å². The van der Waals surface area contributed by atoms with E-state index in [4.69, 9.17) is 9.47 Å². The quantitative estimate of drug-likeness (QED) is 0.688. The molecule has 0 amide bonds. The van der Waals surface area contributed by atoms with Gasteiger partial charge in [-0.3, -0.25) is 9.59 Å². The van der Waals surface area contributed by atoms with Crippen LogP contribution in [0.25, 0.3) is 0 Å². The fourth-order valence-corrected chi connectivity index (χ4v) is 6.56. The number of esters is 1. The number of fused-ring (bicyclic) bond motifs is 2. The van der Waals surface area contributed by atoms with E-state index in [-0.39, 0.29) is 47.5 Å². The van der Waals surface area contributed by atoms with Gasteiger partial charge in [0.25, 0.3) is 0 Å². The molecular formula is C19H18O4. The van der Waals surface area contributed by atoms with Crippen LogP contribution in [0.4, 0.5) is 0 Å². The first-order valence-electron chi connectivity index (χ1n) is 8.58. The third kappa shape index (κ3) is 1.11. The second kappa shape index (κ2) is 3.54. The lowest BCUT2D eigenvalue weighted by Crippen LogP contribution is -2.64. The van der Waals surface area contributed by atoms with E-state index in [0.717, 1.165) is 24.0 Å². The van der Waals surface area contributed by atoms with E-state index in [2.05, 4.69) is 6.92 Å². The Bertz CT molecular complexity index is 859. The Morgan fingerprint density at radius 2 is 2.00 bits per heavy atom. The van der Waals surface area contributed by atoms with Gasteiger partial charge in [-0.25, -0.2) is 0 Å². The number of carbonyl (C=O) groups is 1. The maximum Gasteiger partial charge on any atom is 0.313 e. The van der Waals surface area contributed by atoms with Crippen LogP contribution in [0.5, 0.6) is 0 Å². The average Bonchev–Trinajstić information content (AvgIpc) is 2.95. The second-order valence-corrected chi connectivity index (χ2v) is 8.00. The summed E-state index contributed by atoms with van der Waals surface area (Å²) < 4.78 is 12.3. The highest BCUT2D eigenvalue weighted by molar-refractivity contribution is 5.83. The molecule has 3 heterocycles. The maximum absolute atomic E-state index is 12.9. The van der Waals surface area contributed by atoms with Crippen molar-refractivity contribution >= 4 is 5.97 Å². The van der Waals surface area contributed by atoms with Crippen LogP contribution in [-0.2, 0) is 20.7 Å². The van der Waals surface area contributed by atoms with E-state index in [1.54, 1.807) is 12.1 Å². The molecule has 4 nitrogen and oxygen atoms in total. The molecule has 4 fully saturated rings. The molecule has 7 rings (SSSR count). The van der Waals surface area contributed by atoms with Crippen molar-refractivity contribution in [1.29, 1.82) is 0 Å². The topological polar surface area (TPSA) is 52.6 Å². The lowest BCUT2D eigenvalue weighted by atomic mass is 9.50.